The van der Waals surface area contributed by atoms with Gasteiger partial charge in [-0.15, -0.1) is 0 Å². The third-order valence-electron chi connectivity index (χ3n) is 2.40. The van der Waals surface area contributed by atoms with E-state index in [4.69, 9.17) is 22.1 Å². The van der Waals surface area contributed by atoms with Crippen LogP contribution in [0.2, 0.25) is 5.02 Å². The Labute approximate surface area is 119 Å². The fourth-order valence-corrected chi connectivity index (χ4v) is 1.64. The lowest BCUT2D eigenvalue weighted by atomic mass is 9.99. The molecule has 0 spiro atoms. The van der Waals surface area contributed by atoms with Crippen LogP contribution in [-0.2, 0) is 0 Å². The molecule has 0 N–H and O–H groups in total. The predicted octanol–water partition coefficient (Wildman–Crippen LogP) is 4.65. The van der Waals surface area contributed by atoms with Crippen LogP contribution in [0.1, 0.15) is 12.5 Å². The monoisotopic (exact) mass is 296 g/mol. The third-order valence-corrected chi connectivity index (χ3v) is 2.65. The number of halogens is 4. The lowest BCUT2D eigenvalue weighted by molar-refractivity contribution is -0.0893. The van der Waals surface area contributed by atoms with Crippen molar-refractivity contribution < 1.29 is 13.2 Å². The van der Waals surface area contributed by atoms with Crippen molar-refractivity contribution >= 4 is 17.7 Å². The zero-order valence-electron chi connectivity index (χ0n) is 10.3. The van der Waals surface area contributed by atoms with Gasteiger partial charge < -0.3 is 0 Å². The van der Waals surface area contributed by atoms with Crippen molar-refractivity contribution in [3.05, 3.63) is 51.6 Å². The van der Waals surface area contributed by atoms with Gasteiger partial charge in [0.25, 0.3) is 0 Å². The van der Waals surface area contributed by atoms with Gasteiger partial charge in [0.1, 0.15) is 0 Å². The Morgan fingerprint density at radius 3 is 2.10 bits per heavy atom. The molecular formula is C14H8ClF3N2. The van der Waals surface area contributed by atoms with E-state index in [1.807, 2.05) is 0 Å². The first kappa shape index (κ1) is 15.8. The minimum Gasteiger partial charge on any atom is -0.193 e. The van der Waals surface area contributed by atoms with E-state index in [-0.39, 0.29) is 0 Å². The number of allylic oxidation sites excluding steroid dienone is 3. The number of alkyl halides is 3. The summed E-state index contributed by atoms with van der Waals surface area (Å²) in [6.07, 6.45) is -3.70. The predicted molar refractivity (Wildman–Crippen MR) is 69.4 cm³/mol. The van der Waals surface area contributed by atoms with Crippen molar-refractivity contribution in [3.63, 3.8) is 0 Å². The molecule has 0 bridgehead atoms. The van der Waals surface area contributed by atoms with Gasteiger partial charge in [-0.1, -0.05) is 23.7 Å². The molecule has 1 aromatic carbocycles. The van der Waals surface area contributed by atoms with Crippen LogP contribution in [0.25, 0.3) is 6.08 Å². The number of hydrogen-bond acceptors (Lipinski definition) is 2. The molecule has 0 heterocycles. The van der Waals surface area contributed by atoms with Gasteiger partial charge in [-0.3, -0.25) is 0 Å². The van der Waals surface area contributed by atoms with Crippen LogP contribution < -0.4 is 0 Å². The Kier molecular flexibility index (Phi) is 4.96. The molecule has 0 aliphatic carbocycles. The molecule has 0 aliphatic heterocycles. The van der Waals surface area contributed by atoms with E-state index in [2.05, 4.69) is 0 Å². The van der Waals surface area contributed by atoms with E-state index >= 15 is 0 Å². The Bertz CT molecular complexity index is 641. The maximum Gasteiger partial charge on any atom is 0.418 e. The first-order valence-electron chi connectivity index (χ1n) is 5.35. The Morgan fingerprint density at radius 1 is 1.15 bits per heavy atom. The number of hydrogen-bond donors (Lipinski definition) is 0. The summed E-state index contributed by atoms with van der Waals surface area (Å²) in [5.41, 5.74) is -2.01. The highest BCUT2D eigenvalue weighted by atomic mass is 35.5. The molecule has 102 valence electrons. The Morgan fingerprint density at radius 2 is 1.70 bits per heavy atom. The highest BCUT2D eigenvalue weighted by molar-refractivity contribution is 6.30. The first-order chi connectivity index (χ1) is 9.29. The summed E-state index contributed by atoms with van der Waals surface area (Å²) < 4.78 is 38.8. The van der Waals surface area contributed by atoms with E-state index in [9.17, 15) is 13.2 Å². The van der Waals surface area contributed by atoms with Crippen LogP contribution in [0.4, 0.5) is 13.2 Å². The van der Waals surface area contributed by atoms with E-state index in [0.29, 0.717) is 10.6 Å². The van der Waals surface area contributed by atoms with E-state index in [0.717, 1.165) is 13.0 Å². The third kappa shape index (κ3) is 3.88. The van der Waals surface area contributed by atoms with Gasteiger partial charge >= 0.3 is 6.18 Å². The molecule has 20 heavy (non-hydrogen) atoms. The van der Waals surface area contributed by atoms with E-state index in [1.165, 1.54) is 36.4 Å². The fraction of sp³-hybridized carbons (Fsp3) is 0.143. The molecule has 1 aromatic rings. The van der Waals surface area contributed by atoms with E-state index < -0.39 is 22.9 Å². The van der Waals surface area contributed by atoms with Crippen LogP contribution in [0.5, 0.6) is 0 Å². The maximum absolute atomic E-state index is 12.9. The lowest BCUT2D eigenvalue weighted by Gasteiger charge is -2.11. The van der Waals surface area contributed by atoms with Crippen molar-refractivity contribution in [2.45, 2.75) is 13.1 Å². The number of rotatable bonds is 2. The maximum atomic E-state index is 12.9. The topological polar surface area (TPSA) is 47.6 Å². The van der Waals surface area contributed by atoms with Crippen LogP contribution in [0.15, 0.2) is 41.0 Å². The SMILES string of the molecule is C/C(C#N)=C(\C(C#N)=C\c1ccc(Cl)cc1)C(F)(F)F. The first-order valence-corrected chi connectivity index (χ1v) is 5.73. The van der Waals surface area contributed by atoms with Crippen molar-refractivity contribution in [3.8, 4) is 12.1 Å². The van der Waals surface area contributed by atoms with Crippen LogP contribution in [-0.4, -0.2) is 6.18 Å². The van der Waals surface area contributed by atoms with Crippen molar-refractivity contribution in [2.75, 3.05) is 0 Å². The number of nitrogens with zero attached hydrogens (tertiary/aromatic N) is 2. The van der Waals surface area contributed by atoms with Crippen LogP contribution in [0.3, 0.4) is 0 Å². The van der Waals surface area contributed by atoms with Gasteiger partial charge in [0.15, 0.2) is 0 Å². The standard InChI is InChI=1S/C14H8ClF3N2/c1-9(7-19)13(14(16,17)18)11(8-20)6-10-2-4-12(15)5-3-10/h2-6H,1H3/b11-6+,13-9-. The molecule has 6 heteroatoms. The summed E-state index contributed by atoms with van der Waals surface area (Å²) in [5.74, 6) is 0. The second kappa shape index (κ2) is 6.27. The lowest BCUT2D eigenvalue weighted by Crippen LogP contribution is -2.15. The summed E-state index contributed by atoms with van der Waals surface area (Å²) in [6, 6.07) is 8.87. The largest absolute Gasteiger partial charge is 0.418 e. The van der Waals surface area contributed by atoms with E-state index in [1.54, 1.807) is 0 Å². The van der Waals surface area contributed by atoms with Gasteiger partial charge in [-0.2, -0.15) is 23.7 Å². The number of benzene rings is 1. The Balaban J connectivity index is 3.42. The molecule has 0 unspecified atom stereocenters. The molecule has 2 nitrogen and oxygen atoms in total. The number of nitriles is 2. The summed E-state index contributed by atoms with van der Waals surface area (Å²) >= 11 is 5.67. The van der Waals surface area contributed by atoms with Crippen LogP contribution in [0, 0.1) is 22.7 Å². The van der Waals surface area contributed by atoms with Gasteiger partial charge in [0.05, 0.1) is 23.3 Å². The normalized spacial score (nSPS) is 13.2. The van der Waals surface area contributed by atoms with Crippen molar-refractivity contribution in [1.82, 2.24) is 0 Å². The second-order valence-corrected chi connectivity index (χ2v) is 4.27. The molecule has 0 aliphatic rings. The molecule has 0 radical (unpaired) electrons. The average Bonchev–Trinajstić information content (AvgIpc) is 2.38. The molecule has 0 atom stereocenters. The van der Waals surface area contributed by atoms with Crippen molar-refractivity contribution in [2.24, 2.45) is 0 Å². The van der Waals surface area contributed by atoms with Gasteiger partial charge in [-0.05, 0) is 30.7 Å². The summed E-state index contributed by atoms with van der Waals surface area (Å²) in [4.78, 5) is 0. The fourth-order valence-electron chi connectivity index (χ4n) is 1.51. The smallest absolute Gasteiger partial charge is 0.193 e. The molecular weight excluding hydrogens is 289 g/mol. The zero-order chi connectivity index (χ0) is 15.3. The summed E-state index contributed by atoms with van der Waals surface area (Å²) in [5, 5.41) is 18.0. The Hall–Kier alpha value is -2.24. The molecule has 0 fully saturated rings. The highest BCUT2D eigenvalue weighted by Crippen LogP contribution is 2.34. The summed E-state index contributed by atoms with van der Waals surface area (Å²) in [7, 11) is 0. The minimum absolute atomic E-state index is 0.387. The molecule has 1 rings (SSSR count). The molecule has 0 saturated heterocycles. The highest BCUT2D eigenvalue weighted by Gasteiger charge is 2.38. The average molecular weight is 297 g/mol. The summed E-state index contributed by atoms with van der Waals surface area (Å²) in [6.45, 7) is 1.02. The molecule has 0 saturated carbocycles. The van der Waals surface area contributed by atoms with Gasteiger partial charge in [0, 0.05) is 10.6 Å². The minimum atomic E-state index is -4.77. The second-order valence-electron chi connectivity index (χ2n) is 3.83. The van der Waals surface area contributed by atoms with Gasteiger partial charge in [0.2, 0.25) is 0 Å². The van der Waals surface area contributed by atoms with Crippen molar-refractivity contribution in [1.29, 1.82) is 10.5 Å². The quantitative estimate of drug-likeness (QED) is 0.589. The molecule has 0 aromatic heterocycles. The van der Waals surface area contributed by atoms with Gasteiger partial charge in [-0.25, -0.2) is 0 Å². The molecule has 0 amide bonds. The zero-order valence-corrected chi connectivity index (χ0v) is 11.0. The van der Waals surface area contributed by atoms with Crippen LogP contribution >= 0.6 is 11.6 Å².